The number of amides is 1. The van der Waals surface area contributed by atoms with Crippen molar-refractivity contribution in [2.45, 2.75) is 32.7 Å². The van der Waals surface area contributed by atoms with Gasteiger partial charge in [0.1, 0.15) is 11.7 Å². The van der Waals surface area contributed by atoms with Crippen LogP contribution in [-0.4, -0.2) is 51.0 Å². The fraction of sp³-hybridized carbons (Fsp3) is 0.381. The molecule has 0 saturated carbocycles. The molecule has 0 aliphatic heterocycles. The average molecular weight is 391 g/mol. The minimum Gasteiger partial charge on any atom is -0.327 e. The zero-order chi connectivity index (χ0) is 21.0. The van der Waals surface area contributed by atoms with Crippen molar-refractivity contribution in [1.29, 1.82) is 5.26 Å². The van der Waals surface area contributed by atoms with E-state index in [1.54, 1.807) is 6.20 Å². The molecule has 0 radical (unpaired) electrons. The maximum atomic E-state index is 12.1. The molecule has 8 heteroatoms. The number of imidazole rings is 1. The predicted molar refractivity (Wildman–Crippen MR) is 111 cm³/mol. The number of rotatable bonds is 7. The maximum Gasteiger partial charge on any atom is 0.229 e. The first-order valence-corrected chi connectivity index (χ1v) is 9.57. The third-order valence-corrected chi connectivity index (χ3v) is 4.71. The van der Waals surface area contributed by atoms with E-state index >= 15 is 0 Å². The number of fused-ring (bicyclic) bond motifs is 1. The van der Waals surface area contributed by atoms with Crippen molar-refractivity contribution in [3.63, 3.8) is 0 Å². The zero-order valence-electron chi connectivity index (χ0n) is 17.2. The summed E-state index contributed by atoms with van der Waals surface area (Å²) in [6, 6.07) is 10.2. The number of aromatic nitrogens is 4. The highest BCUT2D eigenvalue weighted by Crippen LogP contribution is 2.28. The number of carbonyl (C=O) groups is 1. The summed E-state index contributed by atoms with van der Waals surface area (Å²) in [6.07, 6.45) is 1.97. The Hall–Kier alpha value is -3.31. The van der Waals surface area contributed by atoms with Gasteiger partial charge in [0.05, 0.1) is 22.8 Å². The van der Waals surface area contributed by atoms with Crippen LogP contribution in [0.15, 0.2) is 30.5 Å². The van der Waals surface area contributed by atoms with E-state index in [0.717, 1.165) is 16.6 Å². The molecule has 2 aromatic heterocycles. The second-order valence-corrected chi connectivity index (χ2v) is 7.13. The number of anilines is 1. The second-order valence-electron chi connectivity index (χ2n) is 7.13. The lowest BCUT2D eigenvalue weighted by molar-refractivity contribution is -0.116. The van der Waals surface area contributed by atoms with E-state index in [1.165, 1.54) is 0 Å². The topological polar surface area (TPSA) is 99.7 Å². The number of carbonyl (C=O) groups excluding carboxylic acids is 1. The summed E-state index contributed by atoms with van der Waals surface area (Å²) in [5.74, 6) is 0.0160. The Labute approximate surface area is 170 Å². The van der Waals surface area contributed by atoms with Crippen LogP contribution in [0.1, 0.15) is 36.3 Å². The quantitative estimate of drug-likeness (QED) is 0.665. The molecule has 0 saturated heterocycles. The molecule has 0 bridgehead atoms. The first-order valence-electron chi connectivity index (χ1n) is 9.57. The van der Waals surface area contributed by atoms with Crippen molar-refractivity contribution >= 4 is 22.9 Å². The second kappa shape index (κ2) is 8.80. The largest absolute Gasteiger partial charge is 0.327 e. The number of benzene rings is 1. The SMILES string of the molecule is CCn1c(C(C#N)c2nc(NC(=O)CCN(C)C)ncc2C)nc2ccccc21. The Kier molecular flexibility index (Phi) is 6.20. The van der Waals surface area contributed by atoms with Crippen molar-refractivity contribution in [3.05, 3.63) is 47.5 Å². The smallest absolute Gasteiger partial charge is 0.229 e. The summed E-state index contributed by atoms with van der Waals surface area (Å²) in [4.78, 5) is 27.5. The summed E-state index contributed by atoms with van der Waals surface area (Å²) in [5, 5.41) is 12.7. The highest BCUT2D eigenvalue weighted by Gasteiger charge is 2.25. The summed E-state index contributed by atoms with van der Waals surface area (Å²) in [7, 11) is 3.82. The molecule has 0 spiro atoms. The fourth-order valence-electron chi connectivity index (χ4n) is 3.21. The van der Waals surface area contributed by atoms with Gasteiger partial charge in [0, 0.05) is 25.7 Å². The van der Waals surface area contributed by atoms with Gasteiger partial charge in [-0.25, -0.2) is 15.0 Å². The van der Waals surface area contributed by atoms with Crippen molar-refractivity contribution in [2.24, 2.45) is 0 Å². The van der Waals surface area contributed by atoms with E-state index in [2.05, 4.69) is 21.4 Å². The van der Waals surface area contributed by atoms with Crippen LogP contribution in [0, 0.1) is 18.3 Å². The highest BCUT2D eigenvalue weighted by atomic mass is 16.1. The molecule has 1 atom stereocenters. The van der Waals surface area contributed by atoms with Gasteiger partial charge in [-0.2, -0.15) is 5.26 Å². The molecule has 8 nitrogen and oxygen atoms in total. The van der Waals surface area contributed by atoms with Gasteiger partial charge in [0.2, 0.25) is 11.9 Å². The Bertz CT molecular complexity index is 1060. The Morgan fingerprint density at radius 2 is 2.07 bits per heavy atom. The molecule has 0 aliphatic rings. The average Bonchev–Trinajstić information content (AvgIpc) is 3.07. The molecule has 0 fully saturated rings. The lowest BCUT2D eigenvalue weighted by Crippen LogP contribution is -2.22. The zero-order valence-corrected chi connectivity index (χ0v) is 17.2. The Morgan fingerprint density at radius 3 is 2.76 bits per heavy atom. The molecular weight excluding hydrogens is 366 g/mol. The maximum absolute atomic E-state index is 12.1. The Balaban J connectivity index is 1.96. The molecule has 1 amide bonds. The molecule has 150 valence electrons. The van der Waals surface area contributed by atoms with E-state index in [9.17, 15) is 10.1 Å². The van der Waals surface area contributed by atoms with Gasteiger partial charge in [-0.3, -0.25) is 10.1 Å². The monoisotopic (exact) mass is 391 g/mol. The van der Waals surface area contributed by atoms with Gasteiger partial charge < -0.3 is 9.47 Å². The first kappa shape index (κ1) is 20.4. The number of nitriles is 1. The third kappa shape index (κ3) is 4.41. The van der Waals surface area contributed by atoms with E-state index < -0.39 is 5.92 Å². The fourth-order valence-corrected chi connectivity index (χ4v) is 3.21. The minimum absolute atomic E-state index is 0.164. The highest BCUT2D eigenvalue weighted by molar-refractivity contribution is 5.89. The number of aryl methyl sites for hydroxylation is 2. The summed E-state index contributed by atoms with van der Waals surface area (Å²) >= 11 is 0. The van der Waals surface area contributed by atoms with Crippen molar-refractivity contribution in [1.82, 2.24) is 24.4 Å². The van der Waals surface area contributed by atoms with Gasteiger partial charge in [0.15, 0.2) is 0 Å². The molecule has 29 heavy (non-hydrogen) atoms. The first-order chi connectivity index (χ1) is 13.9. The molecule has 3 aromatic rings. The number of nitrogens with one attached hydrogen (secondary N) is 1. The number of hydrogen-bond donors (Lipinski definition) is 1. The molecule has 1 N–H and O–H groups in total. The van der Waals surface area contributed by atoms with Crippen molar-refractivity contribution < 1.29 is 4.79 Å². The van der Waals surface area contributed by atoms with Gasteiger partial charge in [-0.05, 0) is 45.6 Å². The standard InChI is InChI=1S/C21H25N7O/c1-5-28-17-9-7-6-8-16(17)24-20(28)15(12-22)19-14(2)13-23-21(26-19)25-18(29)10-11-27(3)4/h6-9,13,15H,5,10-11H2,1-4H3,(H,23,25,26,29). The lowest BCUT2D eigenvalue weighted by atomic mass is 10.0. The van der Waals surface area contributed by atoms with Gasteiger partial charge >= 0.3 is 0 Å². The van der Waals surface area contributed by atoms with E-state index in [1.807, 2.05) is 61.7 Å². The number of nitrogens with zero attached hydrogens (tertiary/aromatic N) is 6. The molecule has 3 rings (SSSR count). The van der Waals surface area contributed by atoms with E-state index in [0.29, 0.717) is 31.0 Å². The molecule has 1 unspecified atom stereocenters. The van der Waals surface area contributed by atoms with Crippen LogP contribution >= 0.6 is 0 Å². The van der Waals surface area contributed by atoms with E-state index in [-0.39, 0.29) is 11.9 Å². The van der Waals surface area contributed by atoms with Crippen LogP contribution in [0.25, 0.3) is 11.0 Å². The summed E-state index contributed by atoms with van der Waals surface area (Å²) < 4.78 is 2.03. The predicted octanol–water partition coefficient (Wildman–Crippen LogP) is 2.70. The van der Waals surface area contributed by atoms with Crippen molar-refractivity contribution in [2.75, 3.05) is 26.0 Å². The van der Waals surface area contributed by atoms with Crippen LogP contribution in [0.5, 0.6) is 0 Å². The van der Waals surface area contributed by atoms with Crippen LogP contribution < -0.4 is 5.32 Å². The van der Waals surface area contributed by atoms with Crippen LogP contribution in [0.4, 0.5) is 5.95 Å². The number of para-hydroxylation sites is 2. The Morgan fingerprint density at radius 1 is 1.31 bits per heavy atom. The summed E-state index contributed by atoms with van der Waals surface area (Å²) in [6.45, 7) is 5.20. The molecule has 0 aliphatic carbocycles. The minimum atomic E-state index is -0.664. The molecular formula is C21H25N7O. The van der Waals surface area contributed by atoms with Crippen LogP contribution in [0.3, 0.4) is 0 Å². The molecule has 1 aromatic carbocycles. The normalized spacial score (nSPS) is 12.1. The third-order valence-electron chi connectivity index (χ3n) is 4.71. The van der Waals surface area contributed by atoms with Gasteiger partial charge in [-0.15, -0.1) is 0 Å². The van der Waals surface area contributed by atoms with Crippen LogP contribution in [-0.2, 0) is 11.3 Å². The lowest BCUT2D eigenvalue weighted by Gasteiger charge is -2.14. The number of hydrogen-bond acceptors (Lipinski definition) is 6. The van der Waals surface area contributed by atoms with E-state index in [4.69, 9.17) is 4.98 Å². The van der Waals surface area contributed by atoms with Gasteiger partial charge in [-0.1, -0.05) is 12.1 Å². The van der Waals surface area contributed by atoms with Gasteiger partial charge in [0.25, 0.3) is 0 Å². The molecule has 2 heterocycles. The van der Waals surface area contributed by atoms with Crippen molar-refractivity contribution in [3.8, 4) is 6.07 Å². The summed E-state index contributed by atoms with van der Waals surface area (Å²) in [5.41, 5.74) is 3.15. The van der Waals surface area contributed by atoms with Crippen LogP contribution in [0.2, 0.25) is 0 Å².